The number of benzene rings is 1. The largest absolute Gasteiger partial charge is 0.355 e. The van der Waals surface area contributed by atoms with E-state index in [9.17, 15) is 14.9 Å². The summed E-state index contributed by atoms with van der Waals surface area (Å²) in [5.41, 5.74) is 4.76. The average Bonchev–Trinajstić information content (AvgIpc) is 2.64. The summed E-state index contributed by atoms with van der Waals surface area (Å²) in [7, 11) is 0. The second-order valence-electron chi connectivity index (χ2n) is 7.55. The number of rotatable bonds is 9. The quantitative estimate of drug-likeness (QED) is 0.421. The van der Waals surface area contributed by atoms with Crippen molar-refractivity contribution in [3.05, 3.63) is 50.2 Å². The minimum absolute atomic E-state index is 0.124. The number of carbonyl (C=O) groups is 1. The number of nitrogens with one attached hydrogen (secondary N) is 2. The third-order valence-electron chi connectivity index (χ3n) is 3.93. The number of aromatic nitrogens is 2. The SMILES string of the molecule is CC(C)CN(CC(C)C)c1ncnc(NNC(=O)c2ccc(Cl)cc2Cl)c1[N+](=O)[O-]. The van der Waals surface area contributed by atoms with Gasteiger partial charge in [0.05, 0.1) is 15.5 Å². The Labute approximate surface area is 184 Å². The molecule has 30 heavy (non-hydrogen) atoms. The van der Waals surface area contributed by atoms with Crippen molar-refractivity contribution in [2.24, 2.45) is 11.8 Å². The average molecular weight is 455 g/mol. The fourth-order valence-electron chi connectivity index (χ4n) is 2.85. The number of halogens is 2. The molecule has 2 rings (SSSR count). The molecule has 0 fully saturated rings. The maximum atomic E-state index is 12.4. The first-order chi connectivity index (χ1) is 14.1. The molecule has 0 saturated carbocycles. The third kappa shape index (κ3) is 6.17. The first kappa shape index (κ1) is 23.6. The van der Waals surface area contributed by atoms with Gasteiger partial charge in [-0.3, -0.25) is 25.8 Å². The number of carbonyl (C=O) groups excluding carboxylic acids is 1. The van der Waals surface area contributed by atoms with Crippen molar-refractivity contribution in [1.82, 2.24) is 15.4 Å². The highest BCUT2D eigenvalue weighted by molar-refractivity contribution is 6.36. The van der Waals surface area contributed by atoms with Crippen molar-refractivity contribution in [2.45, 2.75) is 27.7 Å². The van der Waals surface area contributed by atoms with E-state index in [0.717, 1.165) is 0 Å². The van der Waals surface area contributed by atoms with Gasteiger partial charge in [0.1, 0.15) is 6.33 Å². The lowest BCUT2D eigenvalue weighted by Gasteiger charge is -2.27. The van der Waals surface area contributed by atoms with Crippen LogP contribution in [0.3, 0.4) is 0 Å². The Bertz CT molecular complexity index is 913. The van der Waals surface area contributed by atoms with Crippen LogP contribution >= 0.6 is 23.2 Å². The summed E-state index contributed by atoms with van der Waals surface area (Å²) in [4.78, 5) is 33.7. The summed E-state index contributed by atoms with van der Waals surface area (Å²) in [6, 6.07) is 4.40. The topological polar surface area (TPSA) is 113 Å². The van der Waals surface area contributed by atoms with E-state index in [2.05, 4.69) is 20.8 Å². The molecule has 0 aliphatic rings. The summed E-state index contributed by atoms with van der Waals surface area (Å²) in [5, 5.41) is 12.4. The van der Waals surface area contributed by atoms with Gasteiger partial charge >= 0.3 is 5.69 Å². The molecule has 0 bridgehead atoms. The summed E-state index contributed by atoms with van der Waals surface area (Å²) in [6.45, 7) is 9.26. The van der Waals surface area contributed by atoms with E-state index in [1.54, 1.807) is 0 Å². The van der Waals surface area contributed by atoms with Gasteiger partial charge in [0.15, 0.2) is 0 Å². The number of nitro groups is 1. The van der Waals surface area contributed by atoms with Crippen LogP contribution in [0, 0.1) is 22.0 Å². The molecule has 0 aliphatic heterocycles. The van der Waals surface area contributed by atoms with E-state index < -0.39 is 10.8 Å². The van der Waals surface area contributed by atoms with Crippen molar-refractivity contribution in [1.29, 1.82) is 0 Å². The van der Waals surface area contributed by atoms with Gasteiger partial charge < -0.3 is 4.90 Å². The number of anilines is 2. The van der Waals surface area contributed by atoms with Crippen LogP contribution < -0.4 is 15.8 Å². The first-order valence-corrected chi connectivity index (χ1v) is 10.1. The van der Waals surface area contributed by atoms with Gasteiger partial charge in [-0.05, 0) is 30.0 Å². The van der Waals surface area contributed by atoms with Gasteiger partial charge in [-0.1, -0.05) is 50.9 Å². The molecule has 0 atom stereocenters. The maximum Gasteiger partial charge on any atom is 0.355 e. The number of hydrogen-bond acceptors (Lipinski definition) is 7. The Morgan fingerprint density at radius 2 is 1.80 bits per heavy atom. The monoisotopic (exact) mass is 454 g/mol. The lowest BCUT2D eigenvalue weighted by atomic mass is 10.1. The standard InChI is InChI=1S/C19H24Cl2N6O3/c1-11(2)8-26(9-12(3)4)18-16(27(29)30)17(22-10-23-18)24-25-19(28)14-6-5-13(20)7-15(14)21/h5-7,10-12H,8-9H2,1-4H3,(H,25,28)(H,22,23,24). The summed E-state index contributed by atoms with van der Waals surface area (Å²) < 4.78 is 0. The highest BCUT2D eigenvalue weighted by atomic mass is 35.5. The zero-order valence-corrected chi connectivity index (χ0v) is 18.7. The van der Waals surface area contributed by atoms with E-state index in [0.29, 0.717) is 18.1 Å². The minimum Gasteiger partial charge on any atom is -0.350 e. The fraction of sp³-hybridized carbons (Fsp3) is 0.421. The molecular weight excluding hydrogens is 431 g/mol. The zero-order chi connectivity index (χ0) is 22.4. The molecule has 11 heteroatoms. The Morgan fingerprint density at radius 3 is 2.33 bits per heavy atom. The molecule has 1 aromatic carbocycles. The molecule has 2 aromatic rings. The van der Waals surface area contributed by atoms with Crippen molar-refractivity contribution >= 4 is 46.4 Å². The first-order valence-electron chi connectivity index (χ1n) is 9.35. The van der Waals surface area contributed by atoms with Crippen LogP contribution in [-0.4, -0.2) is 33.9 Å². The molecule has 0 spiro atoms. The molecule has 0 aliphatic carbocycles. The number of nitrogens with zero attached hydrogens (tertiary/aromatic N) is 4. The van der Waals surface area contributed by atoms with Gasteiger partial charge in [-0.2, -0.15) is 0 Å². The van der Waals surface area contributed by atoms with E-state index in [1.807, 2.05) is 32.6 Å². The molecule has 1 amide bonds. The van der Waals surface area contributed by atoms with Crippen molar-refractivity contribution in [3.63, 3.8) is 0 Å². The van der Waals surface area contributed by atoms with Crippen LogP contribution in [0.4, 0.5) is 17.3 Å². The number of hydrogen-bond donors (Lipinski definition) is 2. The van der Waals surface area contributed by atoms with Crippen molar-refractivity contribution in [2.75, 3.05) is 23.4 Å². The zero-order valence-electron chi connectivity index (χ0n) is 17.1. The summed E-state index contributed by atoms with van der Waals surface area (Å²) >= 11 is 11.9. The molecular formula is C19H24Cl2N6O3. The van der Waals surface area contributed by atoms with E-state index in [-0.39, 0.29) is 39.7 Å². The molecule has 0 saturated heterocycles. The van der Waals surface area contributed by atoms with Crippen LogP contribution in [0.25, 0.3) is 0 Å². The van der Waals surface area contributed by atoms with Crippen LogP contribution in [0.5, 0.6) is 0 Å². The van der Waals surface area contributed by atoms with Gasteiger partial charge in [-0.25, -0.2) is 9.97 Å². The number of amides is 1. The van der Waals surface area contributed by atoms with E-state index in [1.165, 1.54) is 24.5 Å². The second kappa shape index (κ2) is 10.4. The van der Waals surface area contributed by atoms with Gasteiger partial charge in [0.2, 0.25) is 11.6 Å². The lowest BCUT2D eigenvalue weighted by Crippen LogP contribution is -2.34. The Balaban J connectivity index is 2.33. The lowest BCUT2D eigenvalue weighted by molar-refractivity contribution is -0.383. The second-order valence-corrected chi connectivity index (χ2v) is 8.39. The minimum atomic E-state index is -0.590. The van der Waals surface area contributed by atoms with E-state index >= 15 is 0 Å². The van der Waals surface area contributed by atoms with Crippen molar-refractivity contribution in [3.8, 4) is 0 Å². The van der Waals surface area contributed by atoms with Crippen LogP contribution in [0.1, 0.15) is 38.1 Å². The van der Waals surface area contributed by atoms with Crippen LogP contribution in [0.2, 0.25) is 10.0 Å². The van der Waals surface area contributed by atoms with Crippen molar-refractivity contribution < 1.29 is 9.72 Å². The number of hydrazine groups is 1. The molecule has 2 N–H and O–H groups in total. The highest BCUT2D eigenvalue weighted by Gasteiger charge is 2.28. The molecule has 162 valence electrons. The molecule has 1 aromatic heterocycles. The Kier molecular flexibility index (Phi) is 8.19. The Morgan fingerprint density at radius 1 is 1.17 bits per heavy atom. The normalized spacial score (nSPS) is 10.9. The predicted molar refractivity (Wildman–Crippen MR) is 118 cm³/mol. The predicted octanol–water partition coefficient (Wildman–Crippen LogP) is 4.57. The Hall–Kier alpha value is -2.65. The van der Waals surface area contributed by atoms with Crippen LogP contribution in [-0.2, 0) is 0 Å². The molecule has 0 unspecified atom stereocenters. The third-order valence-corrected chi connectivity index (χ3v) is 4.47. The molecule has 9 nitrogen and oxygen atoms in total. The van der Waals surface area contributed by atoms with E-state index in [4.69, 9.17) is 23.2 Å². The maximum absolute atomic E-state index is 12.4. The fourth-order valence-corrected chi connectivity index (χ4v) is 3.34. The van der Waals surface area contributed by atoms with Crippen LogP contribution in [0.15, 0.2) is 24.5 Å². The highest BCUT2D eigenvalue weighted by Crippen LogP contribution is 2.32. The summed E-state index contributed by atoms with van der Waals surface area (Å²) in [6.07, 6.45) is 1.22. The summed E-state index contributed by atoms with van der Waals surface area (Å²) in [5.74, 6) is 0.00919. The molecule has 1 heterocycles. The van der Waals surface area contributed by atoms with Gasteiger partial charge in [0, 0.05) is 18.1 Å². The molecule has 0 radical (unpaired) electrons. The van der Waals surface area contributed by atoms with Gasteiger partial charge in [0.25, 0.3) is 5.91 Å². The van der Waals surface area contributed by atoms with Gasteiger partial charge in [-0.15, -0.1) is 0 Å². The smallest absolute Gasteiger partial charge is 0.350 e.